The molecule has 0 atom stereocenters. The molecule has 5 rings (SSSR count). The third kappa shape index (κ3) is 2.57. The fourth-order valence-electron chi connectivity index (χ4n) is 3.65. The van der Waals surface area contributed by atoms with Gasteiger partial charge in [0.15, 0.2) is 0 Å². The molecule has 1 aromatic heterocycles. The van der Waals surface area contributed by atoms with Gasteiger partial charge in [0.2, 0.25) is 0 Å². The first-order valence-electron chi connectivity index (χ1n) is 8.57. The zero-order chi connectivity index (χ0) is 16.3. The number of thiophene rings is 1. The molecule has 1 N–H and O–H groups in total. The second kappa shape index (κ2) is 5.31. The molecule has 0 saturated heterocycles. The van der Waals surface area contributed by atoms with Crippen LogP contribution in [0.15, 0.2) is 33.9 Å². The van der Waals surface area contributed by atoms with E-state index in [1.807, 2.05) is 23.6 Å². The molecule has 0 radical (unpaired) electrons. The monoisotopic (exact) mass is 360 g/mol. The Morgan fingerprint density at radius 1 is 1.08 bits per heavy atom. The minimum absolute atomic E-state index is 0.440. The van der Waals surface area contributed by atoms with Crippen molar-refractivity contribution in [3.63, 3.8) is 0 Å². The number of rotatable bonds is 5. The number of nitrogens with one attached hydrogen (secondary N) is 1. The molecular formula is C18H20N2O2S2. The van der Waals surface area contributed by atoms with Crippen LogP contribution in [0.25, 0.3) is 0 Å². The van der Waals surface area contributed by atoms with E-state index in [-0.39, 0.29) is 0 Å². The van der Waals surface area contributed by atoms with Gasteiger partial charge in [-0.3, -0.25) is 9.62 Å². The van der Waals surface area contributed by atoms with Crippen molar-refractivity contribution in [3.05, 3.63) is 46.3 Å². The molecule has 2 aromatic rings. The molecule has 2 saturated carbocycles. The first-order valence-corrected chi connectivity index (χ1v) is 10.9. The zero-order valence-electron chi connectivity index (χ0n) is 13.4. The van der Waals surface area contributed by atoms with Crippen LogP contribution in [-0.4, -0.2) is 19.4 Å². The van der Waals surface area contributed by atoms with Crippen LogP contribution < -0.4 is 4.72 Å². The molecule has 6 heteroatoms. The van der Waals surface area contributed by atoms with Gasteiger partial charge in [0.25, 0.3) is 10.0 Å². The Kier molecular flexibility index (Phi) is 3.30. The van der Waals surface area contributed by atoms with Crippen LogP contribution in [0.4, 0.5) is 5.69 Å². The summed E-state index contributed by atoms with van der Waals surface area (Å²) < 4.78 is 29.2. The van der Waals surface area contributed by atoms with Crippen LogP contribution in [0.2, 0.25) is 0 Å². The Morgan fingerprint density at radius 3 is 2.67 bits per heavy atom. The largest absolute Gasteiger partial charge is 0.292 e. The molecule has 3 aliphatic rings. The Balaban J connectivity index is 1.46. The lowest BCUT2D eigenvalue weighted by Crippen LogP contribution is -2.19. The van der Waals surface area contributed by atoms with E-state index in [9.17, 15) is 8.42 Å². The number of hydrogen-bond donors (Lipinski definition) is 1. The van der Waals surface area contributed by atoms with Gasteiger partial charge in [0.05, 0.1) is 5.69 Å². The summed E-state index contributed by atoms with van der Waals surface area (Å²) >= 11 is 1.33. The molecule has 0 spiro atoms. The fourth-order valence-corrected chi connectivity index (χ4v) is 6.28. The van der Waals surface area contributed by atoms with Crippen molar-refractivity contribution in [1.29, 1.82) is 0 Å². The van der Waals surface area contributed by atoms with E-state index in [2.05, 4.69) is 15.7 Å². The van der Waals surface area contributed by atoms with Crippen LogP contribution >= 0.6 is 11.3 Å². The highest BCUT2D eigenvalue weighted by atomic mass is 32.2. The molecule has 4 nitrogen and oxygen atoms in total. The van der Waals surface area contributed by atoms with Crippen molar-refractivity contribution in [2.45, 2.75) is 54.9 Å². The number of sulfonamides is 1. The lowest BCUT2D eigenvalue weighted by molar-refractivity contribution is 0.273. The average molecular weight is 361 g/mol. The third-order valence-corrected chi connectivity index (χ3v) is 8.12. The van der Waals surface area contributed by atoms with Gasteiger partial charge in [-0.25, -0.2) is 8.42 Å². The summed E-state index contributed by atoms with van der Waals surface area (Å²) in [7, 11) is -3.50. The van der Waals surface area contributed by atoms with Crippen molar-refractivity contribution in [2.24, 2.45) is 0 Å². The summed E-state index contributed by atoms with van der Waals surface area (Å²) in [5.74, 6) is 0.440. The molecule has 2 fully saturated rings. The van der Waals surface area contributed by atoms with E-state index in [1.54, 1.807) is 0 Å². The van der Waals surface area contributed by atoms with Crippen molar-refractivity contribution >= 4 is 27.0 Å². The SMILES string of the molecule is O=S(=O)(Nc1cccc2c1CN(C1CC1)C2)c1sccc1C1CC1. The van der Waals surface area contributed by atoms with Crippen molar-refractivity contribution in [2.75, 3.05) is 4.72 Å². The number of anilines is 1. The lowest BCUT2D eigenvalue weighted by Gasteiger charge is -2.14. The number of benzene rings is 1. The van der Waals surface area contributed by atoms with Crippen LogP contribution in [0.1, 0.15) is 48.3 Å². The summed E-state index contributed by atoms with van der Waals surface area (Å²) in [6.45, 7) is 1.81. The highest BCUT2D eigenvalue weighted by molar-refractivity contribution is 7.94. The van der Waals surface area contributed by atoms with Crippen molar-refractivity contribution < 1.29 is 8.42 Å². The topological polar surface area (TPSA) is 49.4 Å². The normalized spacial score (nSPS) is 21.0. The third-order valence-electron chi connectivity index (χ3n) is 5.23. The van der Waals surface area contributed by atoms with Gasteiger partial charge in [-0.2, -0.15) is 0 Å². The van der Waals surface area contributed by atoms with E-state index in [1.165, 1.54) is 29.7 Å². The second-order valence-electron chi connectivity index (χ2n) is 7.12. The first kappa shape index (κ1) is 14.9. The Bertz CT molecular complexity index is 895. The zero-order valence-corrected chi connectivity index (χ0v) is 15.0. The fraction of sp³-hybridized carbons (Fsp3) is 0.444. The molecular weight excluding hydrogens is 340 g/mol. The minimum Gasteiger partial charge on any atom is -0.292 e. The van der Waals surface area contributed by atoms with E-state index >= 15 is 0 Å². The van der Waals surface area contributed by atoms with E-state index in [4.69, 9.17) is 0 Å². The van der Waals surface area contributed by atoms with Gasteiger partial charge in [-0.15, -0.1) is 11.3 Å². The maximum Gasteiger partial charge on any atom is 0.271 e. The predicted octanol–water partition coefficient (Wildman–Crippen LogP) is 3.90. The number of nitrogens with zero attached hydrogens (tertiary/aromatic N) is 1. The standard InChI is InChI=1S/C18H20N2O2S2/c21-24(22,18-15(8-9-23-18)12-4-5-12)19-17-3-1-2-13-10-20(11-16(13)17)14-6-7-14/h1-3,8-9,12,14,19H,4-7,10-11H2. The maximum absolute atomic E-state index is 12.9. The summed E-state index contributed by atoms with van der Waals surface area (Å²) in [6, 6.07) is 8.65. The van der Waals surface area contributed by atoms with Gasteiger partial charge in [-0.05, 0) is 65.8 Å². The summed E-state index contributed by atoms with van der Waals surface area (Å²) in [4.78, 5) is 2.46. The highest BCUT2D eigenvalue weighted by Gasteiger charge is 2.35. The molecule has 0 amide bonds. The smallest absolute Gasteiger partial charge is 0.271 e. The Morgan fingerprint density at radius 2 is 1.92 bits per heavy atom. The Labute approximate surface area is 146 Å². The molecule has 1 aliphatic heterocycles. The summed E-state index contributed by atoms with van der Waals surface area (Å²) in [5, 5.41) is 1.90. The lowest BCUT2D eigenvalue weighted by atomic mass is 10.1. The predicted molar refractivity (Wildman–Crippen MR) is 95.8 cm³/mol. The van der Waals surface area contributed by atoms with Gasteiger partial charge in [0.1, 0.15) is 4.21 Å². The molecule has 24 heavy (non-hydrogen) atoms. The van der Waals surface area contributed by atoms with E-state index in [0.717, 1.165) is 42.7 Å². The van der Waals surface area contributed by atoms with Crippen molar-refractivity contribution in [3.8, 4) is 0 Å². The quantitative estimate of drug-likeness (QED) is 0.880. The average Bonchev–Trinajstić information content (AvgIpc) is 3.48. The first-order chi connectivity index (χ1) is 11.6. The van der Waals surface area contributed by atoms with E-state index < -0.39 is 10.0 Å². The van der Waals surface area contributed by atoms with Crippen LogP contribution in [-0.2, 0) is 23.1 Å². The van der Waals surface area contributed by atoms with Crippen LogP contribution in [0.3, 0.4) is 0 Å². The molecule has 2 aliphatic carbocycles. The van der Waals surface area contributed by atoms with Gasteiger partial charge in [0, 0.05) is 19.1 Å². The van der Waals surface area contributed by atoms with Gasteiger partial charge >= 0.3 is 0 Å². The second-order valence-corrected chi connectivity index (χ2v) is 9.92. The molecule has 1 aromatic carbocycles. The Hall–Kier alpha value is -1.37. The maximum atomic E-state index is 12.9. The molecule has 126 valence electrons. The van der Waals surface area contributed by atoms with Gasteiger partial charge < -0.3 is 0 Å². The van der Waals surface area contributed by atoms with E-state index in [0.29, 0.717) is 16.2 Å². The molecule has 2 heterocycles. The van der Waals surface area contributed by atoms with Crippen LogP contribution in [0.5, 0.6) is 0 Å². The number of hydrogen-bond acceptors (Lipinski definition) is 4. The molecule has 0 bridgehead atoms. The highest BCUT2D eigenvalue weighted by Crippen LogP contribution is 2.45. The summed E-state index contributed by atoms with van der Waals surface area (Å²) in [5.41, 5.74) is 4.17. The van der Waals surface area contributed by atoms with Crippen LogP contribution in [0, 0.1) is 0 Å². The summed E-state index contributed by atoms with van der Waals surface area (Å²) in [6.07, 6.45) is 4.76. The number of fused-ring (bicyclic) bond motifs is 1. The van der Waals surface area contributed by atoms with Gasteiger partial charge in [-0.1, -0.05) is 12.1 Å². The minimum atomic E-state index is -3.50. The molecule has 0 unspecified atom stereocenters. The van der Waals surface area contributed by atoms with Crippen molar-refractivity contribution in [1.82, 2.24) is 4.90 Å².